The fourth-order valence-electron chi connectivity index (χ4n) is 3.07. The highest BCUT2D eigenvalue weighted by Gasteiger charge is 2.21. The van der Waals surface area contributed by atoms with E-state index in [2.05, 4.69) is 15.1 Å². The summed E-state index contributed by atoms with van der Waals surface area (Å²) >= 11 is 1.43. The molecule has 0 bridgehead atoms. The van der Waals surface area contributed by atoms with Gasteiger partial charge in [-0.1, -0.05) is 30.0 Å². The predicted molar refractivity (Wildman–Crippen MR) is 105 cm³/mol. The molecule has 2 aromatic heterocycles. The zero-order valence-corrected chi connectivity index (χ0v) is 16.3. The molecular weight excluding hydrogens is 346 g/mol. The van der Waals surface area contributed by atoms with Gasteiger partial charge in [0, 0.05) is 12.1 Å². The molecule has 3 aromatic rings. The van der Waals surface area contributed by atoms with Crippen molar-refractivity contribution in [2.24, 2.45) is 0 Å². The highest BCUT2D eigenvalue weighted by molar-refractivity contribution is 8.00. The highest BCUT2D eigenvalue weighted by Crippen LogP contribution is 2.26. The van der Waals surface area contributed by atoms with Crippen LogP contribution in [0.1, 0.15) is 27.7 Å². The van der Waals surface area contributed by atoms with Crippen LogP contribution in [0.5, 0.6) is 0 Å². The van der Waals surface area contributed by atoms with E-state index >= 15 is 0 Å². The lowest BCUT2D eigenvalue weighted by Crippen LogP contribution is -2.43. The molecule has 0 saturated carbocycles. The van der Waals surface area contributed by atoms with Crippen LogP contribution in [0.3, 0.4) is 0 Å². The van der Waals surface area contributed by atoms with E-state index in [1.54, 1.807) is 10.9 Å². The Morgan fingerprint density at radius 1 is 1.12 bits per heavy atom. The van der Waals surface area contributed by atoms with Crippen LogP contribution in [0, 0.1) is 0 Å². The smallest absolute Gasteiger partial charge is 0.233 e. The third-order valence-corrected chi connectivity index (χ3v) is 5.05. The van der Waals surface area contributed by atoms with Gasteiger partial charge in [-0.25, -0.2) is 14.6 Å². The molecule has 2 heterocycles. The van der Waals surface area contributed by atoms with Gasteiger partial charge in [-0.15, -0.1) is 0 Å². The number of fused-ring (bicyclic) bond motifs is 1. The molecule has 0 fully saturated rings. The van der Waals surface area contributed by atoms with Crippen LogP contribution in [0.15, 0.2) is 47.9 Å². The van der Waals surface area contributed by atoms with Crippen molar-refractivity contribution in [1.82, 2.24) is 24.6 Å². The standard InChI is InChI=1S/C19H23N5OS/c1-13(2)23(14(3)4)17(25)11-26-19-16-10-22-24(18(16)20-12-21-19)15-8-6-5-7-9-15/h5-10,12-14H,11H2,1-4H3. The summed E-state index contributed by atoms with van der Waals surface area (Å²) < 4.78 is 1.79. The van der Waals surface area contributed by atoms with E-state index in [1.807, 2.05) is 62.9 Å². The Hall–Kier alpha value is -2.41. The number of hydrogen-bond donors (Lipinski definition) is 0. The Labute approximate surface area is 157 Å². The maximum Gasteiger partial charge on any atom is 0.233 e. The molecule has 136 valence electrons. The largest absolute Gasteiger partial charge is 0.337 e. The van der Waals surface area contributed by atoms with Crippen LogP contribution >= 0.6 is 11.8 Å². The fourth-order valence-corrected chi connectivity index (χ4v) is 3.90. The number of hydrogen-bond acceptors (Lipinski definition) is 5. The van der Waals surface area contributed by atoms with Crippen molar-refractivity contribution in [2.75, 3.05) is 5.75 Å². The van der Waals surface area contributed by atoms with E-state index in [1.165, 1.54) is 18.1 Å². The van der Waals surface area contributed by atoms with E-state index in [0.29, 0.717) is 5.75 Å². The van der Waals surface area contributed by atoms with Gasteiger partial charge in [-0.2, -0.15) is 5.10 Å². The molecule has 0 saturated heterocycles. The van der Waals surface area contributed by atoms with Crippen molar-refractivity contribution >= 4 is 28.7 Å². The topological polar surface area (TPSA) is 63.9 Å². The first-order valence-electron chi connectivity index (χ1n) is 8.67. The van der Waals surface area contributed by atoms with Crippen LogP contribution in [-0.4, -0.2) is 48.4 Å². The van der Waals surface area contributed by atoms with Crippen molar-refractivity contribution < 1.29 is 4.79 Å². The number of aromatic nitrogens is 4. The second kappa shape index (κ2) is 7.86. The Kier molecular flexibility index (Phi) is 5.56. The molecule has 3 rings (SSSR count). The number of benzene rings is 1. The summed E-state index contributed by atoms with van der Waals surface area (Å²) in [6.45, 7) is 8.15. The molecule has 0 radical (unpaired) electrons. The summed E-state index contributed by atoms with van der Waals surface area (Å²) in [7, 11) is 0. The van der Waals surface area contributed by atoms with Gasteiger partial charge in [0.05, 0.1) is 23.0 Å². The summed E-state index contributed by atoms with van der Waals surface area (Å²) in [6, 6.07) is 10.2. The summed E-state index contributed by atoms with van der Waals surface area (Å²) in [6.07, 6.45) is 3.29. The monoisotopic (exact) mass is 369 g/mol. The maximum atomic E-state index is 12.6. The fraction of sp³-hybridized carbons (Fsp3) is 0.368. The normalized spacial score (nSPS) is 11.5. The molecule has 26 heavy (non-hydrogen) atoms. The number of carbonyl (C=O) groups excluding carboxylic acids is 1. The second-order valence-corrected chi connectivity index (χ2v) is 7.55. The van der Waals surface area contributed by atoms with Gasteiger partial charge in [0.15, 0.2) is 5.65 Å². The maximum absolute atomic E-state index is 12.6. The minimum absolute atomic E-state index is 0.113. The first-order chi connectivity index (χ1) is 12.5. The van der Waals surface area contributed by atoms with E-state index in [4.69, 9.17) is 0 Å². The van der Waals surface area contributed by atoms with E-state index in [0.717, 1.165) is 21.7 Å². The minimum atomic E-state index is 0.113. The minimum Gasteiger partial charge on any atom is -0.337 e. The Morgan fingerprint density at radius 3 is 2.46 bits per heavy atom. The van der Waals surface area contributed by atoms with Gasteiger partial charge in [-0.3, -0.25) is 4.79 Å². The summed E-state index contributed by atoms with van der Waals surface area (Å²) in [5, 5.41) is 6.08. The third-order valence-electron chi connectivity index (χ3n) is 4.06. The van der Waals surface area contributed by atoms with Crippen molar-refractivity contribution in [3.8, 4) is 5.69 Å². The molecule has 0 aliphatic rings. The SMILES string of the molecule is CC(C)N(C(=O)CSc1ncnc2c1cnn2-c1ccccc1)C(C)C. The van der Waals surface area contributed by atoms with Crippen LogP contribution < -0.4 is 0 Å². The van der Waals surface area contributed by atoms with Gasteiger partial charge >= 0.3 is 0 Å². The van der Waals surface area contributed by atoms with Gasteiger partial charge in [0.2, 0.25) is 5.91 Å². The Morgan fingerprint density at radius 2 is 1.81 bits per heavy atom. The molecule has 6 nitrogen and oxygen atoms in total. The van der Waals surface area contributed by atoms with Crippen LogP contribution in [0.25, 0.3) is 16.7 Å². The number of nitrogens with zero attached hydrogens (tertiary/aromatic N) is 5. The quantitative estimate of drug-likeness (QED) is 0.491. The van der Waals surface area contributed by atoms with Crippen molar-refractivity contribution in [3.63, 3.8) is 0 Å². The lowest BCUT2D eigenvalue weighted by Gasteiger charge is -2.30. The van der Waals surface area contributed by atoms with E-state index in [-0.39, 0.29) is 18.0 Å². The van der Waals surface area contributed by atoms with Crippen LogP contribution in [0.2, 0.25) is 0 Å². The first kappa shape index (κ1) is 18.4. The lowest BCUT2D eigenvalue weighted by molar-refractivity contribution is -0.131. The predicted octanol–water partition coefficient (Wildman–Crippen LogP) is 3.55. The molecule has 1 amide bonds. The van der Waals surface area contributed by atoms with E-state index in [9.17, 15) is 4.79 Å². The molecular formula is C19H23N5OS. The molecule has 0 N–H and O–H groups in total. The average molecular weight is 369 g/mol. The molecule has 0 aliphatic carbocycles. The second-order valence-electron chi connectivity index (χ2n) is 6.59. The summed E-state index contributed by atoms with van der Waals surface area (Å²) in [5.41, 5.74) is 1.68. The zero-order valence-electron chi connectivity index (χ0n) is 15.5. The molecule has 0 atom stereocenters. The number of para-hydroxylation sites is 1. The highest BCUT2D eigenvalue weighted by atomic mass is 32.2. The van der Waals surface area contributed by atoms with E-state index < -0.39 is 0 Å². The van der Waals surface area contributed by atoms with Gasteiger partial charge in [0.1, 0.15) is 11.4 Å². The summed E-state index contributed by atoms with van der Waals surface area (Å²) in [5.74, 6) is 0.459. The third kappa shape index (κ3) is 3.72. The number of amides is 1. The van der Waals surface area contributed by atoms with Crippen molar-refractivity contribution in [3.05, 3.63) is 42.9 Å². The Bertz CT molecular complexity index is 883. The van der Waals surface area contributed by atoms with Gasteiger partial charge in [0.25, 0.3) is 0 Å². The average Bonchev–Trinajstić information content (AvgIpc) is 3.04. The van der Waals surface area contributed by atoms with Crippen molar-refractivity contribution in [2.45, 2.75) is 44.8 Å². The van der Waals surface area contributed by atoms with Crippen molar-refractivity contribution in [1.29, 1.82) is 0 Å². The Balaban J connectivity index is 1.84. The number of thioether (sulfide) groups is 1. The van der Waals surface area contributed by atoms with Gasteiger partial charge < -0.3 is 4.90 Å². The lowest BCUT2D eigenvalue weighted by atomic mass is 10.2. The van der Waals surface area contributed by atoms with Crippen LogP contribution in [-0.2, 0) is 4.79 Å². The first-order valence-corrected chi connectivity index (χ1v) is 9.65. The molecule has 7 heteroatoms. The number of carbonyl (C=O) groups is 1. The summed E-state index contributed by atoms with van der Waals surface area (Å²) in [4.78, 5) is 23.2. The molecule has 1 aromatic carbocycles. The molecule has 0 aliphatic heterocycles. The number of rotatable bonds is 6. The zero-order chi connectivity index (χ0) is 18.7. The van der Waals surface area contributed by atoms with Gasteiger partial charge in [-0.05, 0) is 39.8 Å². The van der Waals surface area contributed by atoms with Crippen LogP contribution in [0.4, 0.5) is 0 Å². The molecule has 0 unspecified atom stereocenters. The molecule has 0 spiro atoms.